The van der Waals surface area contributed by atoms with Crippen molar-refractivity contribution >= 4 is 32.5 Å². The average molecular weight is 553 g/mol. The smallest absolute Gasteiger partial charge is 0.442 e. The second-order valence-corrected chi connectivity index (χ2v) is 11.9. The number of hydrogen-bond acceptors (Lipinski definition) is 8. The maximum atomic E-state index is 12.1. The SMILES string of the molecule is C#[N+][C@]12OC[C@@H](Oc3nc4nc(-c5ccc(-c6cccc(S(C)(=N)=O)c6)cc5)c(Cl)cc4[nH]3)[C@H]1OC[C@H]2O. The van der Waals surface area contributed by atoms with Crippen LogP contribution in [0.3, 0.4) is 0 Å². The summed E-state index contributed by atoms with van der Waals surface area (Å²) >= 11 is 6.57. The number of aromatic amines is 1. The van der Waals surface area contributed by atoms with Crippen LogP contribution in [0, 0.1) is 11.4 Å². The lowest BCUT2D eigenvalue weighted by Gasteiger charge is -2.15. The first-order valence-corrected chi connectivity index (χ1v) is 14.1. The van der Waals surface area contributed by atoms with Crippen molar-refractivity contribution < 1.29 is 23.5 Å². The van der Waals surface area contributed by atoms with E-state index in [1.54, 1.807) is 24.3 Å². The van der Waals surface area contributed by atoms with Gasteiger partial charge in [0.15, 0.2) is 17.9 Å². The van der Waals surface area contributed by atoms with Crippen LogP contribution in [0.4, 0.5) is 0 Å². The van der Waals surface area contributed by atoms with Crippen molar-refractivity contribution in [1.29, 1.82) is 4.78 Å². The van der Waals surface area contributed by atoms with Crippen LogP contribution in [0.15, 0.2) is 59.5 Å². The van der Waals surface area contributed by atoms with E-state index in [0.717, 1.165) is 16.7 Å². The number of imidazole rings is 1. The van der Waals surface area contributed by atoms with Crippen LogP contribution in [0.1, 0.15) is 0 Å². The molecule has 2 aromatic carbocycles. The van der Waals surface area contributed by atoms with Crippen LogP contribution in [0.5, 0.6) is 6.01 Å². The highest BCUT2D eigenvalue weighted by Gasteiger charge is 2.70. The number of ether oxygens (including phenoxy) is 3. The van der Waals surface area contributed by atoms with Crippen molar-refractivity contribution in [3.8, 4) is 35.0 Å². The van der Waals surface area contributed by atoms with Crippen LogP contribution in [-0.2, 0) is 19.2 Å². The zero-order valence-corrected chi connectivity index (χ0v) is 21.7. The summed E-state index contributed by atoms with van der Waals surface area (Å²) in [5, 5.41) is 10.6. The summed E-state index contributed by atoms with van der Waals surface area (Å²) in [6.07, 6.45) is -0.836. The molecule has 0 saturated carbocycles. The summed E-state index contributed by atoms with van der Waals surface area (Å²) in [6, 6.07) is 16.7. The minimum Gasteiger partial charge on any atom is -0.456 e. The highest BCUT2D eigenvalue weighted by Crippen LogP contribution is 2.40. The lowest BCUT2D eigenvalue weighted by molar-refractivity contribution is -0.0417. The summed E-state index contributed by atoms with van der Waals surface area (Å²) in [5.41, 5.74) is 2.75. The molecule has 1 unspecified atom stereocenters. The van der Waals surface area contributed by atoms with Crippen molar-refractivity contribution in [3.05, 3.63) is 64.5 Å². The van der Waals surface area contributed by atoms with E-state index in [-0.39, 0.29) is 19.2 Å². The van der Waals surface area contributed by atoms with Gasteiger partial charge in [0, 0.05) is 16.7 Å². The van der Waals surface area contributed by atoms with E-state index >= 15 is 0 Å². The number of nitrogens with one attached hydrogen (secondary N) is 2. The Kier molecular flexibility index (Phi) is 5.90. The number of aromatic nitrogens is 3. The van der Waals surface area contributed by atoms with Crippen LogP contribution in [0.2, 0.25) is 5.02 Å². The predicted molar refractivity (Wildman–Crippen MR) is 142 cm³/mol. The Labute approximate surface area is 223 Å². The van der Waals surface area contributed by atoms with Gasteiger partial charge in [-0.3, -0.25) is 4.74 Å². The highest BCUT2D eigenvalue weighted by atomic mass is 35.5. The normalized spacial score (nSPS) is 26.1. The fraction of sp³-hybridized carbons (Fsp3) is 0.269. The topological polar surface area (TPSA) is 135 Å². The largest absolute Gasteiger partial charge is 0.456 e. The fourth-order valence-electron chi connectivity index (χ4n) is 4.81. The van der Waals surface area contributed by atoms with Gasteiger partial charge in [-0.2, -0.15) is 4.98 Å². The van der Waals surface area contributed by atoms with Crippen LogP contribution in [-0.4, -0.2) is 67.8 Å². The Balaban J connectivity index is 1.26. The van der Waals surface area contributed by atoms with Crippen molar-refractivity contribution in [2.75, 3.05) is 19.5 Å². The number of aliphatic hydroxyl groups is 1. The van der Waals surface area contributed by atoms with E-state index in [2.05, 4.69) is 19.8 Å². The van der Waals surface area contributed by atoms with E-state index in [0.29, 0.717) is 26.8 Å². The second kappa shape index (κ2) is 9.04. The Morgan fingerprint density at radius 2 is 1.95 bits per heavy atom. The summed E-state index contributed by atoms with van der Waals surface area (Å²) in [5.74, 6) is 0. The van der Waals surface area contributed by atoms with Crippen molar-refractivity contribution in [3.63, 3.8) is 0 Å². The van der Waals surface area contributed by atoms with Gasteiger partial charge in [-0.25, -0.2) is 14.0 Å². The molecule has 5 atom stereocenters. The molecule has 2 aliphatic heterocycles. The lowest BCUT2D eigenvalue weighted by atomic mass is 10.0. The molecule has 0 aliphatic carbocycles. The zero-order valence-electron chi connectivity index (χ0n) is 20.1. The lowest BCUT2D eigenvalue weighted by Crippen LogP contribution is -2.45. The number of pyridine rings is 1. The third kappa shape index (κ3) is 4.11. The van der Waals surface area contributed by atoms with E-state index in [9.17, 15) is 9.32 Å². The van der Waals surface area contributed by atoms with Gasteiger partial charge in [0.1, 0.15) is 0 Å². The molecular weight excluding hydrogens is 530 g/mol. The van der Waals surface area contributed by atoms with Gasteiger partial charge >= 0.3 is 5.72 Å². The molecule has 0 radical (unpaired) electrons. The third-order valence-corrected chi connectivity index (χ3v) is 8.22. The predicted octanol–water partition coefficient (Wildman–Crippen LogP) is 4.18. The van der Waals surface area contributed by atoms with E-state index in [1.807, 2.05) is 30.3 Å². The molecule has 0 bridgehead atoms. The summed E-state index contributed by atoms with van der Waals surface area (Å²) < 4.78 is 37.2. The zero-order chi connectivity index (χ0) is 26.7. The summed E-state index contributed by atoms with van der Waals surface area (Å²) in [6.45, 7) is 5.67. The molecule has 2 fully saturated rings. The monoisotopic (exact) mass is 552 g/mol. The molecule has 12 heteroatoms. The molecule has 2 aliphatic rings. The van der Waals surface area contributed by atoms with Gasteiger partial charge in [0.2, 0.25) is 6.10 Å². The highest BCUT2D eigenvalue weighted by molar-refractivity contribution is 7.91. The Morgan fingerprint density at radius 1 is 1.18 bits per heavy atom. The number of rotatable bonds is 5. The number of fused-ring (bicyclic) bond motifs is 2. The third-order valence-electron chi connectivity index (χ3n) is 6.78. The molecule has 4 heterocycles. The van der Waals surface area contributed by atoms with Crippen molar-refractivity contribution in [2.24, 2.45) is 0 Å². The van der Waals surface area contributed by atoms with Gasteiger partial charge in [0.25, 0.3) is 12.6 Å². The fourth-order valence-corrected chi connectivity index (χ4v) is 5.76. The number of benzene rings is 2. The molecule has 0 amide bonds. The molecular formula is C26H23ClN5O5S+. The van der Waals surface area contributed by atoms with Crippen molar-refractivity contribution in [1.82, 2.24) is 15.0 Å². The Morgan fingerprint density at radius 3 is 2.68 bits per heavy atom. The number of nitrogens with zero attached hydrogens (tertiary/aromatic N) is 3. The van der Waals surface area contributed by atoms with E-state index in [4.69, 9.17) is 37.2 Å². The first kappa shape index (κ1) is 24.8. The van der Waals surface area contributed by atoms with Gasteiger partial charge in [-0.05, 0) is 34.2 Å². The minimum absolute atomic E-state index is 0.0411. The summed E-state index contributed by atoms with van der Waals surface area (Å²) in [7, 11) is -2.81. The van der Waals surface area contributed by atoms with Gasteiger partial charge < -0.3 is 19.6 Å². The van der Waals surface area contributed by atoms with Gasteiger partial charge in [0.05, 0.1) is 39.2 Å². The van der Waals surface area contributed by atoms with Crippen LogP contribution < -0.4 is 4.74 Å². The molecule has 3 N–H and O–H groups in total. The number of aliphatic hydroxyl groups excluding tert-OH is 1. The molecule has 2 saturated heterocycles. The Hall–Kier alpha value is -3.53. The maximum absolute atomic E-state index is 12.1. The summed E-state index contributed by atoms with van der Waals surface area (Å²) in [4.78, 5) is 16.4. The van der Waals surface area contributed by atoms with Crippen LogP contribution >= 0.6 is 11.6 Å². The van der Waals surface area contributed by atoms with E-state index < -0.39 is 33.8 Å². The number of hydrogen-bond donors (Lipinski definition) is 3. The molecule has 10 nitrogen and oxygen atoms in total. The maximum Gasteiger partial charge on any atom is 0.442 e. The van der Waals surface area contributed by atoms with Crippen molar-refractivity contribution in [2.45, 2.75) is 28.9 Å². The second-order valence-electron chi connectivity index (χ2n) is 9.30. The average Bonchev–Trinajstić information content (AvgIpc) is 3.56. The number of H-pyrrole nitrogens is 1. The molecule has 2 aromatic heterocycles. The molecule has 6 rings (SSSR count). The first-order chi connectivity index (χ1) is 18.2. The Bertz CT molecular complexity index is 1700. The minimum atomic E-state index is -2.81. The first-order valence-electron chi connectivity index (χ1n) is 11.7. The molecule has 38 heavy (non-hydrogen) atoms. The standard InChI is InChI=1S/C26H23ClN5O5S/c1-29-26-21(33)13-35-23(26)20(12-36-26)37-25-30-19-11-18(27)22(31-24(19)32-25)15-8-6-14(7-9-15)16-4-3-5-17(10-16)38(2,28)34/h1,3-11,20-21,23,28,33H,12-13H2,2H3,(H,30,31,32)/q+1/t20-,21-,23-,26-,38?/m1/s1. The quantitative estimate of drug-likeness (QED) is 0.338. The molecule has 194 valence electrons. The van der Waals surface area contributed by atoms with Gasteiger partial charge in [-0.1, -0.05) is 48.0 Å². The van der Waals surface area contributed by atoms with E-state index in [1.165, 1.54) is 6.26 Å². The molecule has 0 spiro atoms. The van der Waals surface area contributed by atoms with Gasteiger partial charge in [-0.15, -0.1) is 0 Å². The van der Waals surface area contributed by atoms with Crippen LogP contribution in [0.25, 0.3) is 38.4 Å². The number of halogens is 1. The molecule has 4 aromatic rings.